The molecule has 0 radical (unpaired) electrons. The van der Waals surface area contributed by atoms with Crippen LogP contribution in [0, 0.1) is 5.92 Å². The molecule has 1 unspecified atom stereocenters. The summed E-state index contributed by atoms with van der Waals surface area (Å²) >= 11 is 0. The van der Waals surface area contributed by atoms with E-state index in [4.69, 9.17) is 14.2 Å². The Morgan fingerprint density at radius 3 is 2.55 bits per heavy atom. The van der Waals surface area contributed by atoms with Crippen LogP contribution < -0.4 is 0 Å². The minimum absolute atomic E-state index is 0.0627. The van der Waals surface area contributed by atoms with Gasteiger partial charge in [-0.15, -0.1) is 6.58 Å². The molecular weight excluding hydrogens is 284 g/mol. The molecule has 1 saturated carbocycles. The second-order valence-corrected chi connectivity index (χ2v) is 6.91. The molecule has 0 amide bonds. The number of fused-ring (bicyclic) bond motifs is 1. The summed E-state index contributed by atoms with van der Waals surface area (Å²) in [6.45, 7) is 5.56. The van der Waals surface area contributed by atoms with Gasteiger partial charge >= 0.3 is 0 Å². The smallest absolute Gasteiger partial charge is 0.169 e. The molecule has 0 bridgehead atoms. The van der Waals surface area contributed by atoms with Crippen molar-refractivity contribution >= 4 is 0 Å². The molecule has 3 rings (SSSR count). The lowest BCUT2D eigenvalue weighted by Crippen LogP contribution is -2.56. The number of rotatable bonds is 4. The fourth-order valence-corrected chi connectivity index (χ4v) is 4.11. The van der Waals surface area contributed by atoms with Gasteiger partial charge in [0.25, 0.3) is 0 Å². The molecule has 126 valence electrons. The van der Waals surface area contributed by atoms with E-state index in [9.17, 15) is 10.2 Å². The van der Waals surface area contributed by atoms with E-state index in [0.29, 0.717) is 6.42 Å². The average molecular weight is 312 g/mol. The van der Waals surface area contributed by atoms with Crippen molar-refractivity contribution in [2.45, 2.75) is 81.8 Å². The summed E-state index contributed by atoms with van der Waals surface area (Å²) in [4.78, 5) is 0. The molecule has 2 N–H and O–H groups in total. The normalized spacial score (nSPS) is 42.0. The van der Waals surface area contributed by atoms with Crippen molar-refractivity contribution in [1.29, 1.82) is 0 Å². The van der Waals surface area contributed by atoms with Crippen molar-refractivity contribution in [3.63, 3.8) is 0 Å². The van der Waals surface area contributed by atoms with E-state index in [0.717, 1.165) is 25.7 Å². The standard InChI is InChI=1S/C17H28O5/c1-3-7-13-11(2)14-16(15(20-13)12(19)10-18)22-17(21-14)8-5-4-6-9-17/h3,11-16,18-19H,1,4-10H2,2H3/t11-,12+,13?,14-,15-,16-/m0/s1. The van der Waals surface area contributed by atoms with Gasteiger partial charge in [0.2, 0.25) is 0 Å². The Bertz CT molecular complexity index is 393. The van der Waals surface area contributed by atoms with Crippen molar-refractivity contribution in [2.75, 3.05) is 6.61 Å². The topological polar surface area (TPSA) is 68.2 Å². The third-order valence-electron chi connectivity index (χ3n) is 5.37. The van der Waals surface area contributed by atoms with Crippen LogP contribution in [0.1, 0.15) is 45.4 Å². The Morgan fingerprint density at radius 1 is 1.23 bits per heavy atom. The molecular formula is C17H28O5. The van der Waals surface area contributed by atoms with Gasteiger partial charge in [-0.1, -0.05) is 19.4 Å². The van der Waals surface area contributed by atoms with Crippen molar-refractivity contribution in [1.82, 2.24) is 0 Å². The Labute approximate surface area is 132 Å². The molecule has 6 atom stereocenters. The molecule has 3 aliphatic rings. The number of hydrogen-bond donors (Lipinski definition) is 2. The maximum atomic E-state index is 10.2. The first-order valence-electron chi connectivity index (χ1n) is 8.51. The quantitative estimate of drug-likeness (QED) is 0.774. The molecule has 2 aliphatic heterocycles. The van der Waals surface area contributed by atoms with Crippen molar-refractivity contribution < 1.29 is 24.4 Å². The summed E-state index contributed by atoms with van der Waals surface area (Å²) in [6.07, 6.45) is 5.82. The van der Waals surface area contributed by atoms with E-state index in [2.05, 4.69) is 13.5 Å². The van der Waals surface area contributed by atoms with Gasteiger partial charge in [-0.25, -0.2) is 0 Å². The molecule has 1 spiro atoms. The van der Waals surface area contributed by atoms with Crippen LogP contribution in [0.2, 0.25) is 0 Å². The highest BCUT2D eigenvalue weighted by atomic mass is 16.8. The predicted octanol–water partition coefficient (Wildman–Crippen LogP) is 1.76. The summed E-state index contributed by atoms with van der Waals surface area (Å²) in [5, 5.41) is 19.5. The van der Waals surface area contributed by atoms with Crippen LogP contribution in [0.15, 0.2) is 12.7 Å². The Balaban J connectivity index is 1.82. The number of ether oxygens (including phenoxy) is 3. The van der Waals surface area contributed by atoms with Gasteiger partial charge in [-0.3, -0.25) is 0 Å². The fraction of sp³-hybridized carbons (Fsp3) is 0.882. The van der Waals surface area contributed by atoms with Gasteiger partial charge in [0.05, 0.1) is 18.8 Å². The zero-order chi connectivity index (χ0) is 15.7. The van der Waals surface area contributed by atoms with Gasteiger partial charge in [0.1, 0.15) is 18.3 Å². The van der Waals surface area contributed by atoms with Gasteiger partial charge < -0.3 is 24.4 Å². The van der Waals surface area contributed by atoms with Crippen molar-refractivity contribution in [3.8, 4) is 0 Å². The minimum Gasteiger partial charge on any atom is -0.394 e. The summed E-state index contributed by atoms with van der Waals surface area (Å²) in [5.74, 6) is -0.340. The van der Waals surface area contributed by atoms with Crippen molar-refractivity contribution in [2.24, 2.45) is 5.92 Å². The number of aliphatic hydroxyl groups excluding tert-OH is 2. The molecule has 0 aromatic rings. The SMILES string of the molecule is C=CCC1O[C@@H]([C@H](O)CO)[C@H]2OC3(CCCCC3)O[C@H]2[C@H]1C. The molecule has 2 heterocycles. The van der Waals surface area contributed by atoms with Gasteiger partial charge in [-0.05, 0) is 19.3 Å². The first-order valence-corrected chi connectivity index (χ1v) is 8.51. The lowest BCUT2D eigenvalue weighted by atomic mass is 9.85. The third-order valence-corrected chi connectivity index (χ3v) is 5.37. The molecule has 0 aromatic carbocycles. The van der Waals surface area contributed by atoms with Crippen molar-refractivity contribution in [3.05, 3.63) is 12.7 Å². The van der Waals surface area contributed by atoms with Gasteiger partial charge in [0.15, 0.2) is 5.79 Å². The number of hydrogen-bond acceptors (Lipinski definition) is 5. The molecule has 5 heteroatoms. The maximum absolute atomic E-state index is 10.2. The molecule has 22 heavy (non-hydrogen) atoms. The molecule has 3 fully saturated rings. The minimum atomic E-state index is -0.949. The van der Waals surface area contributed by atoms with E-state index in [1.54, 1.807) is 0 Å². The summed E-state index contributed by atoms with van der Waals surface area (Å²) in [7, 11) is 0. The predicted molar refractivity (Wildman–Crippen MR) is 81.3 cm³/mol. The molecule has 0 aromatic heterocycles. The third kappa shape index (κ3) is 2.85. The molecule has 2 saturated heterocycles. The van der Waals surface area contributed by atoms with Gasteiger partial charge in [-0.2, -0.15) is 0 Å². The Morgan fingerprint density at radius 2 is 1.91 bits per heavy atom. The molecule has 1 aliphatic carbocycles. The van der Waals surface area contributed by atoms with Crippen LogP contribution in [-0.4, -0.2) is 53.1 Å². The lowest BCUT2D eigenvalue weighted by molar-refractivity contribution is -0.210. The highest BCUT2D eigenvalue weighted by molar-refractivity contribution is 5.01. The Kier molecular flexibility index (Phi) is 4.90. The summed E-state index contributed by atoms with van der Waals surface area (Å²) in [5.41, 5.74) is 0. The lowest BCUT2D eigenvalue weighted by Gasteiger charge is -2.42. The highest BCUT2D eigenvalue weighted by Gasteiger charge is 2.57. The summed E-state index contributed by atoms with van der Waals surface area (Å²) < 4.78 is 18.7. The Hall–Kier alpha value is -0.460. The fourth-order valence-electron chi connectivity index (χ4n) is 4.11. The maximum Gasteiger partial charge on any atom is 0.169 e. The van der Waals surface area contributed by atoms with Crippen LogP contribution in [0.25, 0.3) is 0 Å². The van der Waals surface area contributed by atoms with Crippen LogP contribution in [0.3, 0.4) is 0 Å². The second-order valence-electron chi connectivity index (χ2n) is 6.91. The largest absolute Gasteiger partial charge is 0.394 e. The van der Waals surface area contributed by atoms with Crippen LogP contribution in [0.5, 0.6) is 0 Å². The van der Waals surface area contributed by atoms with E-state index in [-0.39, 0.29) is 30.8 Å². The highest BCUT2D eigenvalue weighted by Crippen LogP contribution is 2.47. The zero-order valence-electron chi connectivity index (χ0n) is 13.3. The van der Waals surface area contributed by atoms with E-state index < -0.39 is 18.0 Å². The molecule has 5 nitrogen and oxygen atoms in total. The first-order chi connectivity index (χ1) is 10.6. The van der Waals surface area contributed by atoms with Crippen LogP contribution in [-0.2, 0) is 14.2 Å². The number of aliphatic hydroxyl groups is 2. The van der Waals surface area contributed by atoms with Gasteiger partial charge in [0, 0.05) is 18.8 Å². The van der Waals surface area contributed by atoms with E-state index in [1.165, 1.54) is 6.42 Å². The monoisotopic (exact) mass is 312 g/mol. The van der Waals surface area contributed by atoms with E-state index in [1.807, 2.05) is 6.08 Å². The average Bonchev–Trinajstić information content (AvgIpc) is 2.89. The first kappa shape index (κ1) is 16.4. The van der Waals surface area contributed by atoms with Crippen LogP contribution in [0.4, 0.5) is 0 Å². The second kappa shape index (κ2) is 6.57. The van der Waals surface area contributed by atoms with E-state index >= 15 is 0 Å². The summed E-state index contributed by atoms with van der Waals surface area (Å²) in [6, 6.07) is 0. The van der Waals surface area contributed by atoms with Crippen LogP contribution >= 0.6 is 0 Å². The zero-order valence-corrected chi connectivity index (χ0v) is 13.3.